The van der Waals surface area contributed by atoms with Crippen LogP contribution in [0.3, 0.4) is 0 Å². The van der Waals surface area contributed by atoms with Gasteiger partial charge in [0, 0.05) is 94.2 Å². The maximum Gasteiger partial charge on any atom is 0 e. The third-order valence-corrected chi connectivity index (χ3v) is 0. The van der Waals surface area contributed by atoms with Crippen molar-refractivity contribution in [3.05, 3.63) is 0 Å². The summed E-state index contributed by atoms with van der Waals surface area (Å²) in [7, 11) is 0. The van der Waals surface area contributed by atoms with E-state index in [1.54, 1.807) is 0 Å². The molecule has 0 aromatic heterocycles. The summed E-state index contributed by atoms with van der Waals surface area (Å²) in [4.78, 5) is 0. The second-order valence-corrected chi connectivity index (χ2v) is 0. The Morgan fingerprint density at radius 1 is 1.00 bits per heavy atom. The van der Waals surface area contributed by atoms with E-state index in [1.165, 1.54) is 0 Å². The van der Waals surface area contributed by atoms with Crippen LogP contribution in [0, 0.1) is 0 Å². The van der Waals surface area contributed by atoms with Gasteiger partial charge in [0.15, 0.2) is 0 Å². The van der Waals surface area contributed by atoms with Crippen LogP contribution in [0.25, 0.3) is 0 Å². The first-order valence-electron chi connectivity index (χ1n) is 0. The van der Waals surface area contributed by atoms with Crippen molar-refractivity contribution < 1.29 is 94.2 Å². The van der Waals surface area contributed by atoms with Crippen LogP contribution in [0.2, 0.25) is 0 Å². The second-order valence-electron chi connectivity index (χ2n) is 0. The molecule has 35 valence electrons. The molecule has 0 saturated carbocycles. The van der Waals surface area contributed by atoms with E-state index in [1.807, 2.05) is 0 Å². The van der Waals surface area contributed by atoms with Crippen molar-refractivity contribution in [3.8, 4) is 0 Å². The standard InChI is InChI=1S/Cr.Fe.Mn.Ni.Zr. The normalized spacial score (nSPS) is 0. The van der Waals surface area contributed by atoms with E-state index in [4.69, 9.17) is 0 Å². The molecule has 0 aliphatic heterocycles. The Bertz CT molecular complexity index is 11.6. The quantitative estimate of drug-likeness (QED) is 0.552. The maximum absolute atomic E-state index is 0. The fourth-order valence-electron chi connectivity index (χ4n) is 0. The summed E-state index contributed by atoms with van der Waals surface area (Å²) in [5.74, 6) is 0. The van der Waals surface area contributed by atoms with Crippen molar-refractivity contribution in [1.29, 1.82) is 0 Å². The Labute approximate surface area is 92.7 Å². The Hall–Kier alpha value is 2.95. The van der Waals surface area contributed by atoms with E-state index in [9.17, 15) is 0 Å². The van der Waals surface area contributed by atoms with Crippen molar-refractivity contribution in [2.75, 3.05) is 0 Å². The third-order valence-electron chi connectivity index (χ3n) is 0. The predicted molar refractivity (Wildman–Crippen MR) is 0 cm³/mol. The van der Waals surface area contributed by atoms with Gasteiger partial charge in [0.1, 0.15) is 0 Å². The zero-order valence-electron chi connectivity index (χ0n) is 1.96. The average molecular weight is 313 g/mol. The Morgan fingerprint density at radius 2 is 1.00 bits per heavy atom. The van der Waals surface area contributed by atoms with E-state index in [2.05, 4.69) is 0 Å². The molecule has 0 aromatic rings. The van der Waals surface area contributed by atoms with Crippen molar-refractivity contribution >= 4 is 0 Å². The van der Waals surface area contributed by atoms with Crippen LogP contribution in [0.1, 0.15) is 0 Å². The summed E-state index contributed by atoms with van der Waals surface area (Å²) in [6, 6.07) is 0. The summed E-state index contributed by atoms with van der Waals surface area (Å²) in [5.41, 5.74) is 0. The molecule has 5 heavy (non-hydrogen) atoms. The van der Waals surface area contributed by atoms with Gasteiger partial charge >= 0.3 is 0 Å². The molecule has 0 aromatic carbocycles. The van der Waals surface area contributed by atoms with Crippen molar-refractivity contribution in [2.45, 2.75) is 0 Å². The molecular weight excluding hydrogens is 313 g/mol. The summed E-state index contributed by atoms with van der Waals surface area (Å²) in [5, 5.41) is 0. The molecule has 0 atom stereocenters. The van der Waals surface area contributed by atoms with E-state index in [0.717, 1.165) is 0 Å². The van der Waals surface area contributed by atoms with Gasteiger partial charge < -0.3 is 0 Å². The summed E-state index contributed by atoms with van der Waals surface area (Å²) in [6.45, 7) is 0. The minimum absolute atomic E-state index is 0. The molecule has 0 amide bonds. The summed E-state index contributed by atoms with van der Waals surface area (Å²) < 4.78 is 0. The van der Waals surface area contributed by atoms with Crippen molar-refractivity contribution in [1.82, 2.24) is 0 Å². The second kappa shape index (κ2) is 28.3. The van der Waals surface area contributed by atoms with Gasteiger partial charge in [-0.2, -0.15) is 0 Å². The van der Waals surface area contributed by atoms with Gasteiger partial charge in [0.05, 0.1) is 0 Å². The molecule has 0 rings (SSSR count). The van der Waals surface area contributed by atoms with Gasteiger partial charge in [0.25, 0.3) is 0 Å². The van der Waals surface area contributed by atoms with Crippen molar-refractivity contribution in [2.24, 2.45) is 0 Å². The molecule has 0 aliphatic carbocycles. The molecule has 0 saturated heterocycles. The van der Waals surface area contributed by atoms with E-state index >= 15 is 0 Å². The molecule has 5 heteroatoms. The Morgan fingerprint density at radius 3 is 1.00 bits per heavy atom. The molecule has 0 bridgehead atoms. The van der Waals surface area contributed by atoms with Crippen molar-refractivity contribution in [3.63, 3.8) is 0 Å². The molecule has 1 radical (unpaired) electrons. The minimum Gasteiger partial charge on any atom is 0 e. The first-order chi connectivity index (χ1) is 0. The van der Waals surface area contributed by atoms with Crippen LogP contribution in [-0.4, -0.2) is 0 Å². The summed E-state index contributed by atoms with van der Waals surface area (Å²) in [6.07, 6.45) is 0. The van der Waals surface area contributed by atoms with E-state index in [0.29, 0.717) is 0 Å². The molecular formula is CrFeMnNiZr. The third kappa shape index (κ3) is 19.6. The smallest absolute Gasteiger partial charge is 0 e. The molecule has 0 heterocycles. The van der Waals surface area contributed by atoms with Gasteiger partial charge in [-0.3, -0.25) is 0 Å². The van der Waals surface area contributed by atoms with Crippen LogP contribution in [0.15, 0.2) is 0 Å². The molecule has 0 aliphatic rings. The zero-order chi connectivity index (χ0) is 0. The van der Waals surface area contributed by atoms with E-state index in [-0.39, 0.29) is 94.2 Å². The Kier molecular flexibility index (Phi) is 250. The first-order valence-corrected chi connectivity index (χ1v) is 0. The maximum atomic E-state index is 0. The van der Waals surface area contributed by atoms with E-state index < -0.39 is 0 Å². The van der Waals surface area contributed by atoms with Gasteiger partial charge in [-0.25, -0.2) is 0 Å². The number of hydrogen-bond donors (Lipinski definition) is 0. The van der Waals surface area contributed by atoms with Crippen LogP contribution in [0.4, 0.5) is 0 Å². The minimum atomic E-state index is 0. The van der Waals surface area contributed by atoms with Gasteiger partial charge in [-0.1, -0.05) is 0 Å². The largest absolute Gasteiger partial charge is 0 e. The Balaban J connectivity index is 0. The molecule has 0 nitrogen and oxygen atoms in total. The van der Waals surface area contributed by atoms with Crippen LogP contribution >= 0.6 is 0 Å². The van der Waals surface area contributed by atoms with Crippen LogP contribution in [0.5, 0.6) is 0 Å². The van der Waals surface area contributed by atoms with Gasteiger partial charge in [-0.15, -0.1) is 0 Å². The number of hydrogen-bond acceptors (Lipinski definition) is 0. The zero-order valence-corrected chi connectivity index (χ0v) is 8.96. The van der Waals surface area contributed by atoms with Crippen LogP contribution in [-0.2, 0) is 94.2 Å². The van der Waals surface area contributed by atoms with Gasteiger partial charge in [0.2, 0.25) is 0 Å². The molecule has 0 spiro atoms. The fourth-order valence-corrected chi connectivity index (χ4v) is 0. The monoisotopic (exact) mass is 311 g/mol. The SMILES string of the molecule is [Cr].[Fe].[Mn].[Ni].[Zr]. The fraction of sp³-hybridized carbons (Fsp3) is 0. The first kappa shape index (κ1) is 44.1. The topological polar surface area (TPSA) is 0 Å². The molecule has 0 fully saturated rings. The average Bonchev–Trinajstić information content (AvgIpc) is 0. The van der Waals surface area contributed by atoms with Crippen LogP contribution < -0.4 is 0 Å². The summed E-state index contributed by atoms with van der Waals surface area (Å²) >= 11 is 0. The number of rotatable bonds is 0. The molecule has 0 N–H and O–H groups in total. The predicted octanol–water partition coefficient (Wildman–Crippen LogP) is -0.0125. The van der Waals surface area contributed by atoms with Gasteiger partial charge in [-0.05, 0) is 0 Å². The molecule has 0 unspecified atom stereocenters.